The second-order valence-corrected chi connectivity index (χ2v) is 4.02. The molecule has 0 aliphatic heterocycles. The first-order chi connectivity index (χ1) is 2.56. The van der Waals surface area contributed by atoms with Crippen molar-refractivity contribution in [3.63, 3.8) is 0 Å². The van der Waals surface area contributed by atoms with Gasteiger partial charge in [-0.1, -0.05) is 31.9 Å². The maximum atomic E-state index is 3.76. The Morgan fingerprint density at radius 2 is 2.00 bits per heavy atom. The topological polar surface area (TPSA) is 0 Å². The van der Waals surface area contributed by atoms with Crippen molar-refractivity contribution in [2.45, 2.75) is 11.2 Å². The van der Waals surface area contributed by atoms with E-state index in [2.05, 4.69) is 38.8 Å². The normalized spacial score (nSPS) is 12.0. The fourth-order valence-electron chi connectivity index (χ4n) is 0. The van der Waals surface area contributed by atoms with Crippen molar-refractivity contribution in [2.75, 3.05) is 5.33 Å². The molecule has 0 bridgehead atoms. The summed E-state index contributed by atoms with van der Waals surface area (Å²) in [6, 6.07) is 0. The van der Waals surface area contributed by atoms with Crippen LogP contribution in [-0.2, 0) is 0 Å². The van der Waals surface area contributed by atoms with Gasteiger partial charge in [-0.05, 0) is 13.8 Å². The van der Waals surface area contributed by atoms with Gasteiger partial charge in [0.05, 0.1) is 0 Å². The molecule has 0 aliphatic carbocycles. The first kappa shape index (κ1) is 6.96. The van der Waals surface area contributed by atoms with Crippen molar-refractivity contribution in [3.05, 3.63) is 6.92 Å². The van der Waals surface area contributed by atoms with E-state index < -0.39 is 0 Å². The highest BCUT2D eigenvalue weighted by Gasteiger charge is 2.07. The summed E-state index contributed by atoms with van der Waals surface area (Å²) in [5.74, 6) is 0. The first-order valence-corrected chi connectivity index (χ1v) is 3.58. The van der Waals surface area contributed by atoms with Crippen LogP contribution in [0.25, 0.3) is 0 Å². The molecule has 0 heterocycles. The lowest BCUT2D eigenvalue weighted by Crippen LogP contribution is -2.09. The minimum atomic E-state index is 0.0208. The van der Waals surface area contributed by atoms with E-state index in [1.807, 2.05) is 6.92 Å². The Morgan fingerprint density at radius 3 is 2.00 bits per heavy atom. The molecule has 0 aromatic carbocycles. The van der Waals surface area contributed by atoms with E-state index in [9.17, 15) is 0 Å². The second kappa shape index (κ2) is 2.31. The predicted octanol–water partition coefficient (Wildman–Crippen LogP) is 2.37. The lowest BCUT2D eigenvalue weighted by molar-refractivity contribution is 0.941. The molecule has 0 aliphatic rings. The second-order valence-electron chi connectivity index (χ2n) is 1.55. The molecule has 1 unspecified atom stereocenters. The van der Waals surface area contributed by atoms with Gasteiger partial charge in [-0.3, -0.25) is 0 Å². The van der Waals surface area contributed by atoms with Gasteiger partial charge < -0.3 is 0 Å². The van der Waals surface area contributed by atoms with Gasteiger partial charge in [-0.2, -0.15) is 0 Å². The summed E-state index contributed by atoms with van der Waals surface area (Å²) >= 11 is 6.58. The quantitative estimate of drug-likeness (QED) is 0.589. The summed E-state index contributed by atoms with van der Waals surface area (Å²) in [5.41, 5.74) is 0. The van der Waals surface area contributed by atoms with Crippen LogP contribution in [0.1, 0.15) is 6.92 Å². The summed E-state index contributed by atoms with van der Waals surface area (Å²) in [6.45, 7) is 5.76. The van der Waals surface area contributed by atoms with Crippen LogP contribution in [0.4, 0.5) is 0 Å². The number of alkyl halides is 2. The Bertz CT molecular complexity index is 35.3. The van der Waals surface area contributed by atoms with Crippen molar-refractivity contribution in [2.24, 2.45) is 0 Å². The number of rotatable bonds is 1. The minimum absolute atomic E-state index is 0.0208. The zero-order chi connectivity index (χ0) is 5.21. The molecule has 0 N–H and O–H groups in total. The fourth-order valence-corrected chi connectivity index (χ4v) is 0. The van der Waals surface area contributed by atoms with Crippen molar-refractivity contribution < 1.29 is 0 Å². The average Bonchev–Trinajstić information content (AvgIpc) is 1.35. The van der Waals surface area contributed by atoms with Crippen LogP contribution >= 0.6 is 31.9 Å². The Hall–Kier alpha value is 0.960. The van der Waals surface area contributed by atoms with Crippen LogP contribution in [0.15, 0.2) is 0 Å². The molecular weight excluding hydrogens is 208 g/mol. The average molecular weight is 215 g/mol. The first-order valence-electron chi connectivity index (χ1n) is 1.66. The zero-order valence-electron chi connectivity index (χ0n) is 3.67. The number of hydrogen-bond donors (Lipinski definition) is 0. The third-order valence-corrected chi connectivity index (χ3v) is 2.55. The Labute approximate surface area is 55.6 Å². The van der Waals surface area contributed by atoms with Crippen LogP contribution < -0.4 is 0 Å². The van der Waals surface area contributed by atoms with Gasteiger partial charge in [0.15, 0.2) is 0 Å². The van der Waals surface area contributed by atoms with E-state index >= 15 is 0 Å². The standard InChI is InChI=1S/C4H7Br2/c1-4(2,6)3-5/h1,3H2,2H3. The van der Waals surface area contributed by atoms with E-state index in [4.69, 9.17) is 0 Å². The van der Waals surface area contributed by atoms with Crippen molar-refractivity contribution in [1.29, 1.82) is 0 Å². The number of halogens is 2. The summed E-state index contributed by atoms with van der Waals surface area (Å²) in [5, 5.41) is 0.889. The molecule has 2 heteroatoms. The molecule has 0 nitrogen and oxygen atoms in total. The largest absolute Gasteiger partial charge is 0.0913 e. The summed E-state index contributed by atoms with van der Waals surface area (Å²) in [4.78, 5) is 0. The summed E-state index contributed by atoms with van der Waals surface area (Å²) in [7, 11) is 0. The molecule has 0 rings (SSSR count). The van der Waals surface area contributed by atoms with Gasteiger partial charge in [-0.25, -0.2) is 0 Å². The zero-order valence-corrected chi connectivity index (χ0v) is 6.84. The molecule has 1 radical (unpaired) electrons. The smallest absolute Gasteiger partial charge is 0.0327 e. The molecule has 0 aromatic rings. The van der Waals surface area contributed by atoms with E-state index in [1.165, 1.54) is 0 Å². The fraction of sp³-hybridized carbons (Fsp3) is 0.750. The number of hydrogen-bond acceptors (Lipinski definition) is 0. The highest BCUT2D eigenvalue weighted by atomic mass is 79.9. The van der Waals surface area contributed by atoms with Crippen LogP contribution in [0.2, 0.25) is 0 Å². The van der Waals surface area contributed by atoms with E-state index in [0.29, 0.717) is 0 Å². The van der Waals surface area contributed by atoms with Gasteiger partial charge >= 0.3 is 0 Å². The molecule has 0 saturated carbocycles. The molecule has 0 saturated heterocycles. The molecule has 37 valence electrons. The van der Waals surface area contributed by atoms with Gasteiger partial charge in [0.25, 0.3) is 0 Å². The minimum Gasteiger partial charge on any atom is -0.0913 e. The molecular formula is C4H7Br2. The molecule has 6 heavy (non-hydrogen) atoms. The molecule has 1 atom stereocenters. The van der Waals surface area contributed by atoms with Gasteiger partial charge in [-0.15, -0.1) is 0 Å². The Kier molecular flexibility index (Phi) is 2.68. The van der Waals surface area contributed by atoms with E-state index in [1.54, 1.807) is 0 Å². The molecule has 0 aromatic heterocycles. The SMILES string of the molecule is [CH2]C(C)(Br)CBr. The van der Waals surface area contributed by atoms with Crippen molar-refractivity contribution >= 4 is 31.9 Å². The van der Waals surface area contributed by atoms with E-state index in [0.717, 1.165) is 5.33 Å². The third kappa shape index (κ3) is 4.96. The Balaban J connectivity index is 3.17. The lowest BCUT2D eigenvalue weighted by Gasteiger charge is -2.08. The monoisotopic (exact) mass is 213 g/mol. The predicted molar refractivity (Wildman–Crippen MR) is 36.5 cm³/mol. The maximum Gasteiger partial charge on any atom is 0.0327 e. The molecule has 0 fully saturated rings. The van der Waals surface area contributed by atoms with E-state index in [-0.39, 0.29) is 4.32 Å². The molecule has 0 amide bonds. The summed E-state index contributed by atoms with van der Waals surface area (Å²) in [6.07, 6.45) is 0. The lowest BCUT2D eigenvalue weighted by atomic mass is 10.3. The highest BCUT2D eigenvalue weighted by molar-refractivity contribution is 9.12. The van der Waals surface area contributed by atoms with Gasteiger partial charge in [0, 0.05) is 9.65 Å². The highest BCUT2D eigenvalue weighted by Crippen LogP contribution is 2.16. The van der Waals surface area contributed by atoms with Crippen molar-refractivity contribution in [1.82, 2.24) is 0 Å². The van der Waals surface area contributed by atoms with Crippen LogP contribution in [0.5, 0.6) is 0 Å². The van der Waals surface area contributed by atoms with Crippen LogP contribution in [0.3, 0.4) is 0 Å². The van der Waals surface area contributed by atoms with Gasteiger partial charge in [0.1, 0.15) is 0 Å². The Morgan fingerprint density at radius 1 is 1.83 bits per heavy atom. The van der Waals surface area contributed by atoms with Crippen molar-refractivity contribution in [3.8, 4) is 0 Å². The molecule has 0 spiro atoms. The summed E-state index contributed by atoms with van der Waals surface area (Å²) < 4.78 is 0.0208. The van der Waals surface area contributed by atoms with Crippen LogP contribution in [-0.4, -0.2) is 9.65 Å². The van der Waals surface area contributed by atoms with Crippen LogP contribution in [0, 0.1) is 6.92 Å². The van der Waals surface area contributed by atoms with Gasteiger partial charge in [0.2, 0.25) is 0 Å². The maximum absolute atomic E-state index is 3.76. The third-order valence-electron chi connectivity index (χ3n) is 0.279.